The lowest BCUT2D eigenvalue weighted by molar-refractivity contribution is 0.416. The highest BCUT2D eigenvalue weighted by atomic mass is 16.5. The SMILES string of the molecule is CCCCCNc1cc(C)ccc1OC. The Morgan fingerprint density at radius 2 is 2.07 bits per heavy atom. The van der Waals surface area contributed by atoms with E-state index in [2.05, 4.69) is 31.3 Å². The van der Waals surface area contributed by atoms with Crippen LogP contribution < -0.4 is 10.1 Å². The highest BCUT2D eigenvalue weighted by Gasteiger charge is 2.01. The van der Waals surface area contributed by atoms with Crippen LogP contribution in [-0.2, 0) is 0 Å². The summed E-state index contributed by atoms with van der Waals surface area (Å²) in [6, 6.07) is 6.21. The Labute approximate surface area is 92.6 Å². The molecule has 0 aliphatic carbocycles. The summed E-state index contributed by atoms with van der Waals surface area (Å²) < 4.78 is 5.29. The summed E-state index contributed by atoms with van der Waals surface area (Å²) in [7, 11) is 1.71. The van der Waals surface area contributed by atoms with E-state index in [0.29, 0.717) is 0 Å². The number of hydrogen-bond donors (Lipinski definition) is 1. The van der Waals surface area contributed by atoms with Gasteiger partial charge in [-0.3, -0.25) is 0 Å². The topological polar surface area (TPSA) is 21.3 Å². The second kappa shape index (κ2) is 6.33. The minimum atomic E-state index is 0.928. The van der Waals surface area contributed by atoms with Gasteiger partial charge >= 0.3 is 0 Å². The van der Waals surface area contributed by atoms with Gasteiger partial charge in [0.15, 0.2) is 0 Å². The second-order valence-electron chi connectivity index (χ2n) is 3.84. The van der Waals surface area contributed by atoms with Gasteiger partial charge in [-0.25, -0.2) is 0 Å². The Hall–Kier alpha value is -1.18. The van der Waals surface area contributed by atoms with Gasteiger partial charge in [-0.1, -0.05) is 25.8 Å². The number of benzene rings is 1. The van der Waals surface area contributed by atoms with Gasteiger partial charge in [0.25, 0.3) is 0 Å². The van der Waals surface area contributed by atoms with Crippen molar-refractivity contribution in [3.8, 4) is 5.75 Å². The van der Waals surface area contributed by atoms with Gasteiger partial charge in [0.2, 0.25) is 0 Å². The Kier molecular flexibility index (Phi) is 5.02. The molecule has 0 aliphatic rings. The standard InChI is InChI=1S/C13H21NO/c1-4-5-6-9-14-12-10-11(2)7-8-13(12)15-3/h7-8,10,14H,4-6,9H2,1-3H3. The molecule has 2 nitrogen and oxygen atoms in total. The lowest BCUT2D eigenvalue weighted by Crippen LogP contribution is -2.03. The van der Waals surface area contributed by atoms with Crippen molar-refractivity contribution in [2.75, 3.05) is 19.0 Å². The van der Waals surface area contributed by atoms with Crippen LogP contribution in [0.2, 0.25) is 0 Å². The van der Waals surface area contributed by atoms with E-state index in [4.69, 9.17) is 4.74 Å². The molecule has 0 unspecified atom stereocenters. The fraction of sp³-hybridized carbons (Fsp3) is 0.538. The third-order valence-electron chi connectivity index (χ3n) is 2.45. The molecule has 2 heteroatoms. The largest absolute Gasteiger partial charge is 0.495 e. The molecule has 0 aromatic heterocycles. The van der Waals surface area contributed by atoms with Gasteiger partial charge in [-0.05, 0) is 31.0 Å². The molecule has 15 heavy (non-hydrogen) atoms. The summed E-state index contributed by atoms with van der Waals surface area (Å²) in [6.45, 7) is 5.33. The van der Waals surface area contributed by atoms with E-state index in [1.165, 1.54) is 24.8 Å². The molecule has 84 valence electrons. The summed E-state index contributed by atoms with van der Waals surface area (Å²) in [5, 5.41) is 3.41. The number of rotatable bonds is 6. The quantitative estimate of drug-likeness (QED) is 0.719. The number of methoxy groups -OCH3 is 1. The molecule has 0 aliphatic heterocycles. The normalized spacial score (nSPS) is 10.1. The first-order valence-corrected chi connectivity index (χ1v) is 5.66. The zero-order chi connectivity index (χ0) is 11.1. The van der Waals surface area contributed by atoms with Crippen molar-refractivity contribution in [2.45, 2.75) is 33.1 Å². The maximum Gasteiger partial charge on any atom is 0.141 e. The Morgan fingerprint density at radius 3 is 2.73 bits per heavy atom. The molecular weight excluding hydrogens is 186 g/mol. The summed E-state index contributed by atoms with van der Waals surface area (Å²) in [6.07, 6.45) is 3.75. The van der Waals surface area contributed by atoms with Crippen LogP contribution in [0.15, 0.2) is 18.2 Å². The van der Waals surface area contributed by atoms with Crippen molar-refractivity contribution in [2.24, 2.45) is 0 Å². The van der Waals surface area contributed by atoms with Crippen LogP contribution in [0.1, 0.15) is 31.7 Å². The average Bonchev–Trinajstić information content (AvgIpc) is 2.25. The smallest absolute Gasteiger partial charge is 0.141 e. The molecule has 1 aromatic rings. The second-order valence-corrected chi connectivity index (χ2v) is 3.84. The minimum absolute atomic E-state index is 0.928. The molecule has 0 saturated carbocycles. The lowest BCUT2D eigenvalue weighted by Gasteiger charge is -2.11. The predicted octanol–water partition coefficient (Wildman–Crippen LogP) is 3.61. The summed E-state index contributed by atoms with van der Waals surface area (Å²) in [5.41, 5.74) is 2.36. The van der Waals surface area contributed by atoms with Crippen LogP contribution in [-0.4, -0.2) is 13.7 Å². The van der Waals surface area contributed by atoms with E-state index in [0.717, 1.165) is 18.0 Å². The van der Waals surface area contributed by atoms with Crippen molar-refractivity contribution in [3.63, 3.8) is 0 Å². The van der Waals surface area contributed by atoms with Crippen LogP contribution in [0.5, 0.6) is 5.75 Å². The first-order chi connectivity index (χ1) is 7.27. The Balaban J connectivity index is 2.54. The van der Waals surface area contributed by atoms with Crippen molar-refractivity contribution in [3.05, 3.63) is 23.8 Å². The first kappa shape index (κ1) is 11.9. The average molecular weight is 207 g/mol. The van der Waals surface area contributed by atoms with E-state index in [-0.39, 0.29) is 0 Å². The van der Waals surface area contributed by atoms with Crippen molar-refractivity contribution in [1.29, 1.82) is 0 Å². The predicted molar refractivity (Wildman–Crippen MR) is 65.7 cm³/mol. The number of ether oxygens (including phenoxy) is 1. The zero-order valence-electron chi connectivity index (χ0n) is 9.97. The third kappa shape index (κ3) is 3.82. The number of anilines is 1. The van der Waals surface area contributed by atoms with E-state index >= 15 is 0 Å². The maximum absolute atomic E-state index is 5.29. The van der Waals surface area contributed by atoms with Gasteiger partial charge in [0.05, 0.1) is 12.8 Å². The van der Waals surface area contributed by atoms with Crippen molar-refractivity contribution < 1.29 is 4.74 Å². The molecule has 0 bridgehead atoms. The number of unbranched alkanes of at least 4 members (excludes halogenated alkanes) is 2. The summed E-state index contributed by atoms with van der Waals surface area (Å²) in [4.78, 5) is 0. The zero-order valence-corrected chi connectivity index (χ0v) is 9.97. The van der Waals surface area contributed by atoms with Crippen LogP contribution in [0.4, 0.5) is 5.69 Å². The monoisotopic (exact) mass is 207 g/mol. The van der Waals surface area contributed by atoms with Crippen molar-refractivity contribution in [1.82, 2.24) is 0 Å². The number of hydrogen-bond acceptors (Lipinski definition) is 2. The highest BCUT2D eigenvalue weighted by molar-refractivity contribution is 5.57. The lowest BCUT2D eigenvalue weighted by atomic mass is 10.2. The van der Waals surface area contributed by atoms with Gasteiger partial charge < -0.3 is 10.1 Å². The van der Waals surface area contributed by atoms with Crippen LogP contribution in [0.25, 0.3) is 0 Å². The molecule has 0 heterocycles. The van der Waals surface area contributed by atoms with Gasteiger partial charge in [0.1, 0.15) is 5.75 Å². The van der Waals surface area contributed by atoms with E-state index in [1.54, 1.807) is 7.11 Å². The molecule has 1 rings (SSSR count). The fourth-order valence-corrected chi connectivity index (χ4v) is 1.56. The molecule has 0 saturated heterocycles. The van der Waals surface area contributed by atoms with Gasteiger partial charge in [-0.2, -0.15) is 0 Å². The molecule has 0 spiro atoms. The summed E-state index contributed by atoms with van der Waals surface area (Å²) in [5.74, 6) is 0.928. The molecule has 0 fully saturated rings. The summed E-state index contributed by atoms with van der Waals surface area (Å²) >= 11 is 0. The minimum Gasteiger partial charge on any atom is -0.495 e. The fourth-order valence-electron chi connectivity index (χ4n) is 1.56. The Morgan fingerprint density at radius 1 is 1.27 bits per heavy atom. The van der Waals surface area contributed by atoms with Crippen LogP contribution in [0.3, 0.4) is 0 Å². The van der Waals surface area contributed by atoms with Gasteiger partial charge in [0, 0.05) is 6.54 Å². The van der Waals surface area contributed by atoms with Crippen molar-refractivity contribution >= 4 is 5.69 Å². The Bertz CT molecular complexity index is 297. The van der Waals surface area contributed by atoms with Crippen LogP contribution in [0, 0.1) is 6.92 Å². The van der Waals surface area contributed by atoms with Gasteiger partial charge in [-0.15, -0.1) is 0 Å². The van der Waals surface area contributed by atoms with Crippen LogP contribution >= 0.6 is 0 Å². The molecule has 0 amide bonds. The molecular formula is C13H21NO. The van der Waals surface area contributed by atoms with E-state index in [9.17, 15) is 0 Å². The third-order valence-corrected chi connectivity index (χ3v) is 2.45. The molecule has 0 radical (unpaired) electrons. The number of aryl methyl sites for hydroxylation is 1. The molecule has 1 aromatic carbocycles. The maximum atomic E-state index is 5.29. The van der Waals surface area contributed by atoms with E-state index < -0.39 is 0 Å². The first-order valence-electron chi connectivity index (χ1n) is 5.66. The van der Waals surface area contributed by atoms with E-state index in [1.807, 2.05) is 6.07 Å². The molecule has 0 atom stereocenters. The highest BCUT2D eigenvalue weighted by Crippen LogP contribution is 2.24. The number of nitrogens with one attached hydrogen (secondary N) is 1. The molecule has 1 N–H and O–H groups in total.